The van der Waals surface area contributed by atoms with Crippen LogP contribution in [0.5, 0.6) is 0 Å². The second-order valence-electron chi connectivity index (χ2n) is 4.35. The summed E-state index contributed by atoms with van der Waals surface area (Å²) in [6.07, 6.45) is 0.562. The maximum absolute atomic E-state index is 13.1. The number of nitrogens with zero attached hydrogens (tertiary/aromatic N) is 1. The monoisotopic (exact) mass is 229 g/mol. The summed E-state index contributed by atoms with van der Waals surface area (Å²) in [7, 11) is 0. The first-order valence-corrected chi connectivity index (χ1v) is 4.80. The van der Waals surface area contributed by atoms with Crippen LogP contribution in [0.25, 0.3) is 0 Å². The number of aromatic nitrogens is 1. The third-order valence-corrected chi connectivity index (χ3v) is 1.62. The van der Waals surface area contributed by atoms with Crippen LogP contribution >= 0.6 is 0 Å². The third-order valence-electron chi connectivity index (χ3n) is 1.62. The van der Waals surface area contributed by atoms with Crippen molar-refractivity contribution in [1.29, 1.82) is 0 Å². The van der Waals surface area contributed by atoms with E-state index in [-0.39, 0.29) is 12.1 Å². The van der Waals surface area contributed by atoms with Crippen LogP contribution in [0.2, 0.25) is 0 Å². The Morgan fingerprint density at radius 2 is 2.06 bits per heavy atom. The Balaban J connectivity index is 2.70. The molecule has 1 heterocycles. The second-order valence-corrected chi connectivity index (χ2v) is 4.35. The van der Waals surface area contributed by atoms with Crippen LogP contribution in [0.4, 0.5) is 8.78 Å². The SMILES string of the molecule is CC(C)(C)OC(=O)Cc1ncc(F)cc1F. The molecule has 5 heteroatoms. The van der Waals surface area contributed by atoms with E-state index in [0.717, 1.165) is 6.20 Å². The summed E-state index contributed by atoms with van der Waals surface area (Å²) in [5, 5.41) is 0. The molecule has 0 amide bonds. The maximum Gasteiger partial charge on any atom is 0.312 e. The minimum atomic E-state index is -0.842. The normalized spacial score (nSPS) is 11.3. The van der Waals surface area contributed by atoms with E-state index >= 15 is 0 Å². The summed E-state index contributed by atoms with van der Waals surface area (Å²) in [5.41, 5.74) is -0.746. The van der Waals surface area contributed by atoms with Crippen molar-refractivity contribution in [1.82, 2.24) is 4.98 Å². The Bertz CT molecular complexity index is 399. The largest absolute Gasteiger partial charge is 0.460 e. The number of esters is 1. The molecule has 0 saturated heterocycles. The molecule has 0 N–H and O–H groups in total. The van der Waals surface area contributed by atoms with E-state index in [9.17, 15) is 13.6 Å². The molecule has 0 unspecified atom stereocenters. The standard InChI is InChI=1S/C11H13F2NO2/c1-11(2,3)16-10(15)5-9-8(13)4-7(12)6-14-9/h4,6H,5H2,1-3H3. The van der Waals surface area contributed by atoms with Crippen molar-refractivity contribution in [2.75, 3.05) is 0 Å². The van der Waals surface area contributed by atoms with Gasteiger partial charge in [0.15, 0.2) is 0 Å². The highest BCUT2D eigenvalue weighted by Crippen LogP contribution is 2.11. The quantitative estimate of drug-likeness (QED) is 0.730. The number of hydrogen-bond donors (Lipinski definition) is 0. The molecule has 3 nitrogen and oxygen atoms in total. The molecular weight excluding hydrogens is 216 g/mol. The van der Waals surface area contributed by atoms with Crippen LogP contribution in [-0.2, 0) is 16.0 Å². The van der Waals surface area contributed by atoms with Crippen molar-refractivity contribution in [3.63, 3.8) is 0 Å². The van der Waals surface area contributed by atoms with E-state index in [1.807, 2.05) is 0 Å². The average molecular weight is 229 g/mol. The lowest BCUT2D eigenvalue weighted by molar-refractivity contribution is -0.154. The lowest BCUT2D eigenvalue weighted by atomic mass is 10.2. The topological polar surface area (TPSA) is 39.2 Å². The molecule has 0 aromatic carbocycles. The first-order valence-electron chi connectivity index (χ1n) is 4.80. The Labute approximate surface area is 92.4 Å². The molecule has 0 fully saturated rings. The van der Waals surface area contributed by atoms with E-state index in [1.165, 1.54) is 0 Å². The van der Waals surface area contributed by atoms with Gasteiger partial charge in [0, 0.05) is 6.07 Å². The van der Waals surface area contributed by atoms with E-state index in [0.29, 0.717) is 6.07 Å². The van der Waals surface area contributed by atoms with E-state index in [1.54, 1.807) is 20.8 Å². The van der Waals surface area contributed by atoms with Crippen LogP contribution in [0, 0.1) is 11.6 Å². The van der Waals surface area contributed by atoms with Crippen LogP contribution < -0.4 is 0 Å². The smallest absolute Gasteiger partial charge is 0.312 e. The Morgan fingerprint density at radius 3 is 2.56 bits per heavy atom. The third kappa shape index (κ3) is 3.92. The van der Waals surface area contributed by atoms with E-state index in [2.05, 4.69) is 4.98 Å². The van der Waals surface area contributed by atoms with Gasteiger partial charge in [0.1, 0.15) is 17.2 Å². The van der Waals surface area contributed by atoms with Crippen molar-refractivity contribution < 1.29 is 18.3 Å². The van der Waals surface area contributed by atoms with Gasteiger partial charge in [-0.2, -0.15) is 0 Å². The van der Waals surface area contributed by atoms with Gasteiger partial charge in [-0.15, -0.1) is 0 Å². The first kappa shape index (κ1) is 12.5. The molecule has 0 spiro atoms. The number of ether oxygens (including phenoxy) is 1. The molecule has 1 aromatic rings. The summed E-state index contributed by atoms with van der Waals surface area (Å²) in [6.45, 7) is 5.12. The molecule has 16 heavy (non-hydrogen) atoms. The molecule has 0 saturated carbocycles. The number of hydrogen-bond acceptors (Lipinski definition) is 3. The lowest BCUT2D eigenvalue weighted by Gasteiger charge is -2.19. The van der Waals surface area contributed by atoms with Gasteiger partial charge >= 0.3 is 5.97 Å². The van der Waals surface area contributed by atoms with Crippen molar-refractivity contribution in [2.24, 2.45) is 0 Å². The van der Waals surface area contributed by atoms with Gasteiger partial charge in [-0.3, -0.25) is 9.78 Å². The number of rotatable bonds is 2. The van der Waals surface area contributed by atoms with Gasteiger partial charge in [-0.25, -0.2) is 8.78 Å². The zero-order chi connectivity index (χ0) is 12.3. The van der Waals surface area contributed by atoms with Crippen molar-refractivity contribution in [3.05, 3.63) is 29.6 Å². The van der Waals surface area contributed by atoms with E-state index in [4.69, 9.17) is 4.74 Å². The van der Waals surface area contributed by atoms with Crippen LogP contribution in [0.3, 0.4) is 0 Å². The number of pyridine rings is 1. The van der Waals surface area contributed by atoms with Gasteiger partial charge in [0.05, 0.1) is 18.3 Å². The fourth-order valence-corrected chi connectivity index (χ4v) is 1.09. The zero-order valence-corrected chi connectivity index (χ0v) is 9.38. The van der Waals surface area contributed by atoms with Crippen molar-refractivity contribution >= 4 is 5.97 Å². The minimum Gasteiger partial charge on any atom is -0.460 e. The molecule has 88 valence electrons. The molecule has 0 radical (unpaired) electrons. The van der Waals surface area contributed by atoms with Gasteiger partial charge < -0.3 is 4.74 Å². The predicted molar refractivity (Wildman–Crippen MR) is 53.7 cm³/mol. The lowest BCUT2D eigenvalue weighted by Crippen LogP contribution is -2.25. The first-order chi connectivity index (χ1) is 7.28. The molecule has 0 bridgehead atoms. The van der Waals surface area contributed by atoms with Crippen LogP contribution in [0.15, 0.2) is 12.3 Å². The molecule has 0 aliphatic rings. The maximum atomic E-state index is 13.1. The molecule has 0 atom stereocenters. The fraction of sp³-hybridized carbons (Fsp3) is 0.455. The van der Waals surface area contributed by atoms with Gasteiger partial charge in [-0.1, -0.05) is 0 Å². The Hall–Kier alpha value is -1.52. The highest BCUT2D eigenvalue weighted by atomic mass is 19.1. The predicted octanol–water partition coefficient (Wildman–Crippen LogP) is 2.24. The fourth-order valence-electron chi connectivity index (χ4n) is 1.09. The van der Waals surface area contributed by atoms with Gasteiger partial charge in [0.25, 0.3) is 0 Å². The van der Waals surface area contributed by atoms with E-state index < -0.39 is 23.2 Å². The number of carbonyl (C=O) groups is 1. The Kier molecular flexibility index (Phi) is 3.57. The highest BCUT2D eigenvalue weighted by Gasteiger charge is 2.18. The van der Waals surface area contributed by atoms with Crippen LogP contribution in [-0.4, -0.2) is 16.6 Å². The molecule has 1 rings (SSSR count). The minimum absolute atomic E-state index is 0.115. The van der Waals surface area contributed by atoms with Crippen molar-refractivity contribution in [2.45, 2.75) is 32.8 Å². The summed E-state index contributed by atoms with van der Waals surface area (Å²) >= 11 is 0. The van der Waals surface area contributed by atoms with Gasteiger partial charge in [-0.05, 0) is 20.8 Å². The molecule has 1 aromatic heterocycles. The molecular formula is C11H13F2NO2. The van der Waals surface area contributed by atoms with Crippen molar-refractivity contribution in [3.8, 4) is 0 Å². The highest BCUT2D eigenvalue weighted by molar-refractivity contribution is 5.72. The number of carbonyl (C=O) groups excluding carboxylic acids is 1. The summed E-state index contributed by atoms with van der Waals surface area (Å²) in [6, 6.07) is 0.687. The summed E-state index contributed by atoms with van der Waals surface area (Å²) < 4.78 is 30.7. The van der Waals surface area contributed by atoms with Gasteiger partial charge in [0.2, 0.25) is 0 Å². The second kappa shape index (κ2) is 4.55. The molecule has 0 aliphatic heterocycles. The zero-order valence-electron chi connectivity index (χ0n) is 9.38. The molecule has 0 aliphatic carbocycles. The number of halogens is 2. The average Bonchev–Trinajstić information content (AvgIpc) is 2.06. The summed E-state index contributed by atoms with van der Waals surface area (Å²) in [4.78, 5) is 14.8. The summed E-state index contributed by atoms with van der Waals surface area (Å²) in [5.74, 6) is -2.21. The Morgan fingerprint density at radius 1 is 1.44 bits per heavy atom. The van der Waals surface area contributed by atoms with Crippen LogP contribution in [0.1, 0.15) is 26.5 Å².